The van der Waals surface area contributed by atoms with E-state index in [0.717, 1.165) is 5.56 Å². The molecule has 18 heavy (non-hydrogen) atoms. The number of amides is 1. The molecule has 1 amide bonds. The summed E-state index contributed by atoms with van der Waals surface area (Å²) in [5.41, 5.74) is 0.750. The molecule has 0 spiro atoms. The maximum absolute atomic E-state index is 13.6. The third-order valence-corrected chi connectivity index (χ3v) is 3.18. The molecule has 1 aromatic carbocycles. The monoisotopic (exact) mass is 251 g/mol. The van der Waals surface area contributed by atoms with Crippen LogP contribution in [0.15, 0.2) is 18.2 Å². The molecule has 4 nitrogen and oxygen atoms in total. The summed E-state index contributed by atoms with van der Waals surface area (Å²) in [5, 5.41) is 8.86. The van der Waals surface area contributed by atoms with Crippen molar-refractivity contribution in [3.05, 3.63) is 35.1 Å². The van der Waals surface area contributed by atoms with E-state index in [9.17, 15) is 14.0 Å². The Morgan fingerprint density at radius 1 is 1.44 bits per heavy atom. The predicted octanol–water partition coefficient (Wildman–Crippen LogP) is 1.68. The van der Waals surface area contributed by atoms with E-state index in [1.54, 1.807) is 13.0 Å². The summed E-state index contributed by atoms with van der Waals surface area (Å²) in [6, 6.07) is 4.42. The smallest absolute Gasteiger partial charge is 0.308 e. The number of carbonyl (C=O) groups excluding carboxylic acids is 1. The van der Waals surface area contributed by atoms with Gasteiger partial charge in [0.2, 0.25) is 0 Å². The first-order chi connectivity index (χ1) is 8.49. The summed E-state index contributed by atoms with van der Waals surface area (Å²) in [6.45, 7) is 2.26. The standard InChI is InChI=1S/C13H14FNO3/c1-8-2-3-10(11(14)6-8)12(16)15-5-4-9(7-15)13(17)18/h2-3,6,9H,4-5,7H2,1H3,(H,17,18)/t9-/m1/s1. The molecule has 1 saturated heterocycles. The lowest BCUT2D eigenvalue weighted by Crippen LogP contribution is -2.30. The van der Waals surface area contributed by atoms with Crippen LogP contribution < -0.4 is 0 Å². The Kier molecular flexibility index (Phi) is 3.32. The van der Waals surface area contributed by atoms with Gasteiger partial charge in [0.25, 0.3) is 5.91 Å². The first-order valence-electron chi connectivity index (χ1n) is 5.77. The molecular weight excluding hydrogens is 237 g/mol. The Bertz CT molecular complexity index is 501. The second kappa shape index (κ2) is 4.76. The summed E-state index contributed by atoms with van der Waals surface area (Å²) < 4.78 is 13.6. The van der Waals surface area contributed by atoms with Crippen molar-refractivity contribution in [3.8, 4) is 0 Å². The minimum atomic E-state index is -0.908. The summed E-state index contributed by atoms with van der Waals surface area (Å²) >= 11 is 0. The average molecular weight is 251 g/mol. The van der Waals surface area contributed by atoms with E-state index in [1.807, 2.05) is 0 Å². The minimum absolute atomic E-state index is 0.00615. The molecule has 1 aromatic rings. The highest BCUT2D eigenvalue weighted by Gasteiger charge is 2.32. The molecule has 96 valence electrons. The molecule has 1 N–H and O–H groups in total. The summed E-state index contributed by atoms with van der Waals surface area (Å²) in [7, 11) is 0. The third kappa shape index (κ3) is 2.34. The van der Waals surface area contributed by atoms with E-state index < -0.39 is 23.6 Å². The fourth-order valence-corrected chi connectivity index (χ4v) is 2.11. The Balaban J connectivity index is 2.15. The van der Waals surface area contributed by atoms with E-state index in [4.69, 9.17) is 5.11 Å². The van der Waals surface area contributed by atoms with Gasteiger partial charge in [0.1, 0.15) is 5.82 Å². The Morgan fingerprint density at radius 3 is 2.72 bits per heavy atom. The van der Waals surface area contributed by atoms with Gasteiger partial charge in [0.15, 0.2) is 0 Å². The number of nitrogens with zero attached hydrogens (tertiary/aromatic N) is 1. The number of hydrogen-bond donors (Lipinski definition) is 1. The van der Waals surface area contributed by atoms with Gasteiger partial charge in [-0.1, -0.05) is 6.07 Å². The summed E-state index contributed by atoms with van der Waals surface area (Å²) in [5.74, 6) is -2.44. The van der Waals surface area contributed by atoms with Crippen LogP contribution in [0.1, 0.15) is 22.3 Å². The molecule has 0 radical (unpaired) electrons. The highest BCUT2D eigenvalue weighted by atomic mass is 19.1. The molecule has 2 rings (SSSR count). The van der Waals surface area contributed by atoms with Gasteiger partial charge >= 0.3 is 5.97 Å². The number of halogens is 1. The Labute approximate surface area is 104 Å². The van der Waals surface area contributed by atoms with Gasteiger partial charge < -0.3 is 10.0 Å². The summed E-state index contributed by atoms with van der Waals surface area (Å²) in [4.78, 5) is 24.2. The molecule has 1 atom stereocenters. The van der Waals surface area contributed by atoms with Gasteiger partial charge in [0.05, 0.1) is 11.5 Å². The SMILES string of the molecule is Cc1ccc(C(=O)N2CC[C@@H](C(=O)O)C2)c(F)c1. The van der Waals surface area contributed by atoms with Crippen LogP contribution in [-0.2, 0) is 4.79 Å². The molecule has 5 heteroatoms. The molecule has 1 fully saturated rings. The Hall–Kier alpha value is -1.91. The first-order valence-corrected chi connectivity index (χ1v) is 5.77. The van der Waals surface area contributed by atoms with Crippen molar-refractivity contribution in [1.29, 1.82) is 0 Å². The highest BCUT2D eigenvalue weighted by Crippen LogP contribution is 2.20. The molecule has 1 heterocycles. The predicted molar refractivity (Wildman–Crippen MR) is 62.8 cm³/mol. The van der Waals surface area contributed by atoms with Crippen LogP contribution in [0.4, 0.5) is 4.39 Å². The van der Waals surface area contributed by atoms with Gasteiger partial charge in [-0.25, -0.2) is 4.39 Å². The van der Waals surface area contributed by atoms with Crippen LogP contribution in [-0.4, -0.2) is 35.0 Å². The van der Waals surface area contributed by atoms with Crippen molar-refractivity contribution in [1.82, 2.24) is 4.90 Å². The van der Waals surface area contributed by atoms with Crippen molar-refractivity contribution < 1.29 is 19.1 Å². The van der Waals surface area contributed by atoms with Gasteiger partial charge in [0, 0.05) is 13.1 Å². The fraction of sp³-hybridized carbons (Fsp3) is 0.385. The van der Waals surface area contributed by atoms with E-state index in [1.165, 1.54) is 17.0 Å². The topological polar surface area (TPSA) is 57.6 Å². The number of hydrogen-bond acceptors (Lipinski definition) is 2. The van der Waals surface area contributed by atoms with Crippen LogP contribution in [0.2, 0.25) is 0 Å². The maximum atomic E-state index is 13.6. The molecule has 0 aromatic heterocycles. The number of aliphatic carboxylic acids is 1. The zero-order valence-electron chi connectivity index (χ0n) is 10.0. The largest absolute Gasteiger partial charge is 0.481 e. The zero-order chi connectivity index (χ0) is 13.3. The van der Waals surface area contributed by atoms with Crippen molar-refractivity contribution in [2.45, 2.75) is 13.3 Å². The lowest BCUT2D eigenvalue weighted by Gasteiger charge is -2.16. The van der Waals surface area contributed by atoms with Crippen LogP contribution >= 0.6 is 0 Å². The lowest BCUT2D eigenvalue weighted by atomic mass is 10.1. The van der Waals surface area contributed by atoms with E-state index >= 15 is 0 Å². The van der Waals surface area contributed by atoms with Gasteiger partial charge in [-0.3, -0.25) is 9.59 Å². The number of carboxylic acids is 1. The van der Waals surface area contributed by atoms with E-state index in [0.29, 0.717) is 13.0 Å². The van der Waals surface area contributed by atoms with Crippen molar-refractivity contribution in [2.75, 3.05) is 13.1 Å². The number of carbonyl (C=O) groups is 2. The maximum Gasteiger partial charge on any atom is 0.308 e. The number of rotatable bonds is 2. The average Bonchev–Trinajstić information content (AvgIpc) is 2.77. The molecule has 0 saturated carbocycles. The van der Waals surface area contributed by atoms with E-state index in [2.05, 4.69) is 0 Å². The number of likely N-dealkylation sites (tertiary alicyclic amines) is 1. The van der Waals surface area contributed by atoms with Crippen molar-refractivity contribution >= 4 is 11.9 Å². The van der Waals surface area contributed by atoms with Crippen LogP contribution in [0.25, 0.3) is 0 Å². The van der Waals surface area contributed by atoms with Gasteiger partial charge in [-0.15, -0.1) is 0 Å². The van der Waals surface area contributed by atoms with Crippen LogP contribution in [0.5, 0.6) is 0 Å². The number of carboxylic acid groups (broad SMARTS) is 1. The van der Waals surface area contributed by atoms with Gasteiger partial charge in [-0.05, 0) is 31.0 Å². The van der Waals surface area contributed by atoms with E-state index in [-0.39, 0.29) is 12.1 Å². The zero-order valence-corrected chi connectivity index (χ0v) is 10.0. The number of aryl methyl sites for hydroxylation is 1. The van der Waals surface area contributed by atoms with Crippen LogP contribution in [0.3, 0.4) is 0 Å². The van der Waals surface area contributed by atoms with Crippen molar-refractivity contribution in [3.63, 3.8) is 0 Å². The lowest BCUT2D eigenvalue weighted by molar-refractivity contribution is -0.141. The highest BCUT2D eigenvalue weighted by molar-refractivity contribution is 5.95. The van der Waals surface area contributed by atoms with Crippen molar-refractivity contribution in [2.24, 2.45) is 5.92 Å². The van der Waals surface area contributed by atoms with Gasteiger partial charge in [-0.2, -0.15) is 0 Å². The fourth-order valence-electron chi connectivity index (χ4n) is 2.11. The first kappa shape index (κ1) is 12.5. The quantitative estimate of drug-likeness (QED) is 0.870. The second-order valence-corrected chi connectivity index (χ2v) is 4.56. The normalized spacial score (nSPS) is 19.0. The molecular formula is C13H14FNO3. The Morgan fingerprint density at radius 2 is 2.17 bits per heavy atom. The minimum Gasteiger partial charge on any atom is -0.481 e. The number of benzene rings is 1. The molecule has 0 aliphatic carbocycles. The molecule has 0 unspecified atom stereocenters. The molecule has 1 aliphatic rings. The van der Waals surface area contributed by atoms with Crippen LogP contribution in [0, 0.1) is 18.7 Å². The summed E-state index contributed by atoms with van der Waals surface area (Å²) in [6.07, 6.45) is 0.425. The third-order valence-electron chi connectivity index (χ3n) is 3.18. The molecule has 0 bridgehead atoms. The second-order valence-electron chi connectivity index (χ2n) is 4.56. The molecule has 1 aliphatic heterocycles.